The van der Waals surface area contributed by atoms with Crippen molar-refractivity contribution in [1.29, 1.82) is 0 Å². The highest BCUT2D eigenvalue weighted by molar-refractivity contribution is 5.92. The van der Waals surface area contributed by atoms with E-state index in [0.29, 0.717) is 6.42 Å². The minimum atomic E-state index is -0.229. The standard InChI is InChI=1S/C16H20N6O/c1-10(6-14-7-11(2)20-21-14)18-16(23)19-13-4-5-15-12(8-13)9-17-22(15)3/h4-5,7-10H,6H2,1-3H3,(H,20,21)(H2,18,19,23)/t10-/m1/s1. The highest BCUT2D eigenvalue weighted by atomic mass is 16.2. The average molecular weight is 312 g/mol. The van der Waals surface area contributed by atoms with Gasteiger partial charge in [0.25, 0.3) is 0 Å². The van der Waals surface area contributed by atoms with Crippen LogP contribution in [-0.2, 0) is 13.5 Å². The van der Waals surface area contributed by atoms with Crippen molar-refractivity contribution in [3.05, 3.63) is 41.9 Å². The fourth-order valence-corrected chi connectivity index (χ4v) is 2.58. The van der Waals surface area contributed by atoms with E-state index in [1.54, 1.807) is 10.9 Å². The number of carbonyl (C=O) groups is 1. The van der Waals surface area contributed by atoms with Crippen molar-refractivity contribution in [1.82, 2.24) is 25.3 Å². The summed E-state index contributed by atoms with van der Waals surface area (Å²) < 4.78 is 1.80. The topological polar surface area (TPSA) is 87.6 Å². The van der Waals surface area contributed by atoms with E-state index in [9.17, 15) is 4.79 Å². The third kappa shape index (κ3) is 3.50. The predicted molar refractivity (Wildman–Crippen MR) is 89.4 cm³/mol. The Morgan fingerprint density at radius 1 is 1.39 bits per heavy atom. The smallest absolute Gasteiger partial charge is 0.319 e. The zero-order valence-electron chi connectivity index (χ0n) is 13.4. The molecule has 0 aliphatic carbocycles. The molecule has 3 N–H and O–H groups in total. The van der Waals surface area contributed by atoms with E-state index < -0.39 is 0 Å². The lowest BCUT2D eigenvalue weighted by Gasteiger charge is -2.13. The van der Waals surface area contributed by atoms with Gasteiger partial charge < -0.3 is 10.6 Å². The predicted octanol–water partition coefficient (Wildman–Crippen LogP) is 2.36. The molecule has 0 radical (unpaired) electrons. The quantitative estimate of drug-likeness (QED) is 0.691. The lowest BCUT2D eigenvalue weighted by Crippen LogP contribution is -2.37. The third-order valence-electron chi connectivity index (χ3n) is 3.66. The number of hydrogen-bond acceptors (Lipinski definition) is 3. The van der Waals surface area contributed by atoms with Crippen LogP contribution in [-0.4, -0.2) is 32.1 Å². The van der Waals surface area contributed by atoms with E-state index in [1.807, 2.05) is 45.2 Å². The van der Waals surface area contributed by atoms with Crippen LogP contribution in [0.2, 0.25) is 0 Å². The largest absolute Gasteiger partial charge is 0.335 e. The molecule has 0 bridgehead atoms. The molecule has 1 aromatic carbocycles. The number of benzene rings is 1. The van der Waals surface area contributed by atoms with Crippen LogP contribution in [0, 0.1) is 6.92 Å². The van der Waals surface area contributed by atoms with Gasteiger partial charge in [-0.1, -0.05) is 0 Å². The zero-order chi connectivity index (χ0) is 16.4. The van der Waals surface area contributed by atoms with Crippen LogP contribution in [0.5, 0.6) is 0 Å². The lowest BCUT2D eigenvalue weighted by molar-refractivity contribution is 0.249. The number of hydrogen-bond donors (Lipinski definition) is 3. The van der Waals surface area contributed by atoms with Gasteiger partial charge in [0.05, 0.1) is 17.4 Å². The molecule has 0 saturated carbocycles. The van der Waals surface area contributed by atoms with E-state index >= 15 is 0 Å². The number of urea groups is 1. The first-order valence-corrected chi connectivity index (χ1v) is 7.51. The Balaban J connectivity index is 1.59. The molecule has 2 heterocycles. The molecule has 0 unspecified atom stereocenters. The van der Waals surface area contributed by atoms with Crippen LogP contribution in [0.1, 0.15) is 18.3 Å². The van der Waals surface area contributed by atoms with E-state index in [4.69, 9.17) is 0 Å². The van der Waals surface area contributed by atoms with Crippen molar-refractivity contribution in [3.8, 4) is 0 Å². The Bertz CT molecular complexity index is 834. The number of nitrogens with one attached hydrogen (secondary N) is 3. The molecule has 23 heavy (non-hydrogen) atoms. The third-order valence-corrected chi connectivity index (χ3v) is 3.66. The van der Waals surface area contributed by atoms with Crippen molar-refractivity contribution in [2.75, 3.05) is 5.32 Å². The van der Waals surface area contributed by atoms with Crippen LogP contribution < -0.4 is 10.6 Å². The maximum absolute atomic E-state index is 12.1. The van der Waals surface area contributed by atoms with Gasteiger partial charge in [-0.25, -0.2) is 4.79 Å². The van der Waals surface area contributed by atoms with Crippen LogP contribution in [0.3, 0.4) is 0 Å². The summed E-state index contributed by atoms with van der Waals surface area (Å²) in [7, 11) is 1.89. The zero-order valence-corrected chi connectivity index (χ0v) is 13.4. The van der Waals surface area contributed by atoms with Crippen molar-refractivity contribution in [2.24, 2.45) is 7.05 Å². The molecule has 0 aliphatic heterocycles. The number of aromatic nitrogens is 4. The number of aromatic amines is 1. The number of anilines is 1. The van der Waals surface area contributed by atoms with Crippen LogP contribution >= 0.6 is 0 Å². The van der Waals surface area contributed by atoms with Crippen LogP contribution in [0.25, 0.3) is 10.9 Å². The second-order valence-electron chi connectivity index (χ2n) is 5.79. The first-order chi connectivity index (χ1) is 11.0. The van der Waals surface area contributed by atoms with E-state index in [1.165, 1.54) is 0 Å². The van der Waals surface area contributed by atoms with Gasteiger partial charge in [0.1, 0.15) is 0 Å². The summed E-state index contributed by atoms with van der Waals surface area (Å²) in [5, 5.41) is 18.0. The van der Waals surface area contributed by atoms with Gasteiger partial charge >= 0.3 is 6.03 Å². The fourth-order valence-electron chi connectivity index (χ4n) is 2.58. The highest BCUT2D eigenvalue weighted by Gasteiger charge is 2.10. The first kappa shape index (κ1) is 15.1. The summed E-state index contributed by atoms with van der Waals surface area (Å²) >= 11 is 0. The number of amides is 2. The van der Waals surface area contributed by atoms with E-state index in [-0.39, 0.29) is 12.1 Å². The van der Waals surface area contributed by atoms with Gasteiger partial charge in [0, 0.05) is 36.3 Å². The van der Waals surface area contributed by atoms with Gasteiger partial charge in [-0.05, 0) is 38.1 Å². The van der Waals surface area contributed by atoms with E-state index in [2.05, 4.69) is 25.9 Å². The van der Waals surface area contributed by atoms with E-state index in [0.717, 1.165) is 28.0 Å². The molecular formula is C16H20N6O. The van der Waals surface area contributed by atoms with Crippen molar-refractivity contribution in [2.45, 2.75) is 26.3 Å². The normalized spacial score (nSPS) is 12.3. The highest BCUT2D eigenvalue weighted by Crippen LogP contribution is 2.18. The SMILES string of the molecule is Cc1cc(C[C@@H](C)NC(=O)Nc2ccc3c(cnn3C)c2)n[nH]1. The van der Waals surface area contributed by atoms with Gasteiger partial charge in [0.2, 0.25) is 0 Å². The number of nitrogens with zero attached hydrogens (tertiary/aromatic N) is 3. The molecule has 2 amide bonds. The summed E-state index contributed by atoms with van der Waals surface area (Å²) in [5.74, 6) is 0. The molecule has 3 aromatic rings. The summed E-state index contributed by atoms with van der Waals surface area (Å²) in [5.41, 5.74) is 3.72. The molecule has 120 valence electrons. The summed E-state index contributed by atoms with van der Waals surface area (Å²) in [6.45, 7) is 3.91. The molecule has 0 spiro atoms. The number of fused-ring (bicyclic) bond motifs is 1. The fraction of sp³-hybridized carbons (Fsp3) is 0.312. The molecule has 7 heteroatoms. The van der Waals surface area contributed by atoms with Gasteiger partial charge in [-0.2, -0.15) is 10.2 Å². The molecule has 3 rings (SSSR count). The molecule has 0 saturated heterocycles. The lowest BCUT2D eigenvalue weighted by atomic mass is 10.2. The monoisotopic (exact) mass is 312 g/mol. The molecule has 0 fully saturated rings. The summed E-state index contributed by atoms with van der Waals surface area (Å²) in [6, 6.07) is 7.45. The Morgan fingerprint density at radius 2 is 2.22 bits per heavy atom. The minimum absolute atomic E-state index is 0.0141. The second kappa shape index (κ2) is 6.12. The van der Waals surface area contributed by atoms with Gasteiger partial charge in [-0.3, -0.25) is 9.78 Å². The number of rotatable bonds is 4. The Labute approximate surface area is 134 Å². The minimum Gasteiger partial charge on any atom is -0.335 e. The van der Waals surface area contributed by atoms with Crippen LogP contribution in [0.4, 0.5) is 10.5 Å². The Hall–Kier alpha value is -2.83. The second-order valence-corrected chi connectivity index (χ2v) is 5.79. The number of aryl methyl sites for hydroxylation is 2. The number of H-pyrrole nitrogens is 1. The van der Waals surface area contributed by atoms with Crippen molar-refractivity contribution < 1.29 is 4.79 Å². The summed E-state index contributed by atoms with van der Waals surface area (Å²) in [6.07, 6.45) is 2.46. The van der Waals surface area contributed by atoms with Gasteiger partial charge in [-0.15, -0.1) is 0 Å². The van der Waals surface area contributed by atoms with Crippen molar-refractivity contribution in [3.63, 3.8) is 0 Å². The molecule has 1 atom stereocenters. The van der Waals surface area contributed by atoms with Crippen molar-refractivity contribution >= 4 is 22.6 Å². The number of carbonyl (C=O) groups excluding carboxylic acids is 1. The maximum atomic E-state index is 12.1. The average Bonchev–Trinajstić information content (AvgIpc) is 3.05. The maximum Gasteiger partial charge on any atom is 0.319 e. The summed E-state index contributed by atoms with van der Waals surface area (Å²) in [4.78, 5) is 12.1. The van der Waals surface area contributed by atoms with Gasteiger partial charge in [0.15, 0.2) is 0 Å². The Kier molecular flexibility index (Phi) is 4.01. The Morgan fingerprint density at radius 3 is 2.96 bits per heavy atom. The first-order valence-electron chi connectivity index (χ1n) is 7.51. The molecule has 7 nitrogen and oxygen atoms in total. The van der Waals surface area contributed by atoms with Crippen LogP contribution in [0.15, 0.2) is 30.5 Å². The molecular weight excluding hydrogens is 292 g/mol. The molecule has 2 aromatic heterocycles. The molecule has 0 aliphatic rings.